The van der Waals surface area contributed by atoms with E-state index < -0.39 is 0 Å². The number of aryl methyl sites for hydroxylation is 1. The zero-order chi connectivity index (χ0) is 32.8. The first-order valence-electron chi connectivity index (χ1n) is 19.1. The highest BCUT2D eigenvalue weighted by molar-refractivity contribution is 7.00. The van der Waals surface area contributed by atoms with Gasteiger partial charge in [-0.25, -0.2) is 0 Å². The van der Waals surface area contributed by atoms with Gasteiger partial charge in [-0.15, -0.1) is 0 Å². The second-order valence-corrected chi connectivity index (χ2v) is 17.3. The fraction of sp³-hybridized carbons (Fsp3) is 0.348. The number of fused-ring (bicyclic) bond motifs is 6. The van der Waals surface area contributed by atoms with Crippen LogP contribution >= 0.6 is 0 Å². The second-order valence-electron chi connectivity index (χ2n) is 17.3. The van der Waals surface area contributed by atoms with Crippen LogP contribution in [0.25, 0.3) is 0 Å². The Hall–Kier alpha value is -4.24. The summed E-state index contributed by atoms with van der Waals surface area (Å²) in [5.41, 5.74) is 18.8. The summed E-state index contributed by atoms with van der Waals surface area (Å²) in [6, 6.07) is 40.9. The van der Waals surface area contributed by atoms with Crippen molar-refractivity contribution in [3.8, 4) is 0 Å². The minimum absolute atomic E-state index is 0.114. The molecule has 0 unspecified atom stereocenters. The van der Waals surface area contributed by atoms with Crippen molar-refractivity contribution in [1.29, 1.82) is 0 Å². The van der Waals surface area contributed by atoms with E-state index in [1.54, 1.807) is 11.1 Å². The van der Waals surface area contributed by atoms with Gasteiger partial charge in [0.2, 0.25) is 0 Å². The Morgan fingerprint density at radius 2 is 1.29 bits per heavy atom. The van der Waals surface area contributed by atoms with Crippen molar-refractivity contribution in [1.82, 2.24) is 0 Å². The van der Waals surface area contributed by atoms with Crippen molar-refractivity contribution in [2.45, 2.75) is 77.0 Å². The highest BCUT2D eigenvalue weighted by Crippen LogP contribution is 2.69. The van der Waals surface area contributed by atoms with E-state index in [0.29, 0.717) is 0 Å². The maximum Gasteiger partial charge on any atom is 0.252 e. The molecule has 7 aliphatic rings. The minimum Gasteiger partial charge on any atom is -0.311 e. The molecule has 3 aliphatic heterocycles. The van der Waals surface area contributed by atoms with Gasteiger partial charge < -0.3 is 9.80 Å². The monoisotopic (exact) mass is 636 g/mol. The van der Waals surface area contributed by atoms with E-state index in [0.717, 1.165) is 30.1 Å². The third-order valence-electron chi connectivity index (χ3n) is 13.9. The number of anilines is 6. The lowest BCUT2D eigenvalue weighted by Crippen LogP contribution is -2.64. The van der Waals surface area contributed by atoms with Gasteiger partial charge in [0.25, 0.3) is 6.71 Å². The van der Waals surface area contributed by atoms with Crippen LogP contribution in [0.4, 0.5) is 34.1 Å². The van der Waals surface area contributed by atoms with Crippen LogP contribution in [-0.4, -0.2) is 6.71 Å². The molecule has 0 radical (unpaired) electrons. The van der Waals surface area contributed by atoms with E-state index in [4.69, 9.17) is 0 Å². The molecule has 0 aromatic heterocycles. The maximum absolute atomic E-state index is 2.71. The Bertz CT molecular complexity index is 2160. The molecule has 12 rings (SSSR count). The molecule has 4 bridgehead atoms. The summed E-state index contributed by atoms with van der Waals surface area (Å²) in [5, 5.41) is 0. The van der Waals surface area contributed by atoms with Crippen LogP contribution in [0.15, 0.2) is 103 Å². The molecule has 0 amide bonds. The molecule has 0 N–H and O–H groups in total. The molecule has 0 saturated heterocycles. The smallest absolute Gasteiger partial charge is 0.252 e. The first kappa shape index (κ1) is 28.6. The fourth-order valence-electron chi connectivity index (χ4n) is 12.2. The average Bonchev–Trinajstić information content (AvgIpc) is 3.11. The Morgan fingerprint density at radius 1 is 0.633 bits per heavy atom. The normalized spacial score (nSPS) is 26.4. The summed E-state index contributed by atoms with van der Waals surface area (Å²) in [7, 11) is 0. The van der Waals surface area contributed by atoms with Crippen molar-refractivity contribution in [3.63, 3.8) is 0 Å². The third kappa shape index (κ3) is 3.59. The van der Waals surface area contributed by atoms with Crippen LogP contribution in [0.2, 0.25) is 0 Å². The molecule has 242 valence electrons. The molecular formula is C46H45BN2. The van der Waals surface area contributed by atoms with Crippen molar-refractivity contribution >= 4 is 57.2 Å². The van der Waals surface area contributed by atoms with Crippen molar-refractivity contribution < 1.29 is 0 Å². The highest BCUT2D eigenvalue weighted by atomic mass is 15.2. The van der Waals surface area contributed by atoms with E-state index >= 15 is 0 Å². The first-order valence-corrected chi connectivity index (χ1v) is 19.1. The predicted molar refractivity (Wildman–Crippen MR) is 206 cm³/mol. The Labute approximate surface area is 292 Å². The molecule has 2 nitrogen and oxygen atoms in total. The molecule has 4 fully saturated rings. The van der Waals surface area contributed by atoms with Crippen LogP contribution in [0.5, 0.6) is 0 Å². The lowest BCUT2D eigenvalue weighted by molar-refractivity contribution is -0.0419. The predicted octanol–water partition coefficient (Wildman–Crippen LogP) is 9.68. The number of hydrogen-bond donors (Lipinski definition) is 0. The minimum atomic E-state index is 0.114. The molecule has 0 atom stereocenters. The molecule has 1 spiro atoms. The van der Waals surface area contributed by atoms with Crippen LogP contribution in [0.3, 0.4) is 0 Å². The van der Waals surface area contributed by atoms with E-state index in [9.17, 15) is 0 Å². The summed E-state index contributed by atoms with van der Waals surface area (Å²) in [6.45, 7) is 9.40. The second kappa shape index (κ2) is 9.72. The van der Waals surface area contributed by atoms with Crippen LogP contribution in [-0.2, 0) is 17.3 Å². The van der Waals surface area contributed by atoms with Crippen molar-refractivity contribution in [2.24, 2.45) is 23.7 Å². The molecule has 4 aliphatic carbocycles. The zero-order valence-electron chi connectivity index (χ0n) is 29.3. The van der Waals surface area contributed by atoms with Crippen LogP contribution in [0.1, 0.15) is 82.1 Å². The van der Waals surface area contributed by atoms with Crippen LogP contribution in [0, 0.1) is 23.7 Å². The maximum atomic E-state index is 2.71. The fourth-order valence-corrected chi connectivity index (χ4v) is 12.2. The molecule has 5 aromatic rings. The Morgan fingerprint density at radius 3 is 2.00 bits per heavy atom. The Kier molecular flexibility index (Phi) is 5.67. The number of rotatable bonds is 2. The van der Waals surface area contributed by atoms with E-state index in [1.165, 1.54) is 93.7 Å². The van der Waals surface area contributed by atoms with Gasteiger partial charge in [-0.2, -0.15) is 0 Å². The van der Waals surface area contributed by atoms with Gasteiger partial charge in [0.15, 0.2) is 0 Å². The average molecular weight is 637 g/mol. The lowest BCUT2D eigenvalue weighted by atomic mass is 9.32. The van der Waals surface area contributed by atoms with Gasteiger partial charge in [0, 0.05) is 33.9 Å². The number of para-hydroxylation sites is 2. The van der Waals surface area contributed by atoms with Crippen molar-refractivity contribution in [3.05, 3.63) is 125 Å². The SMILES string of the molecule is CCc1ccc2c(c1)N(c1ccc(C(C)(C)C)cc1)c1cccc3c1B2c1cccc2c1N3c1ccccc1C21C2CC3CC(C2)CC1C3. The van der Waals surface area contributed by atoms with Gasteiger partial charge in [-0.3, -0.25) is 0 Å². The summed E-state index contributed by atoms with van der Waals surface area (Å²) in [5.74, 6) is 3.34. The summed E-state index contributed by atoms with van der Waals surface area (Å²) in [6.07, 6.45) is 8.12. The van der Waals surface area contributed by atoms with E-state index in [2.05, 4.69) is 141 Å². The summed E-state index contributed by atoms with van der Waals surface area (Å²) in [4.78, 5) is 5.28. The van der Waals surface area contributed by atoms with Crippen LogP contribution < -0.4 is 26.2 Å². The lowest BCUT2D eigenvalue weighted by Gasteiger charge is -2.64. The highest BCUT2D eigenvalue weighted by Gasteiger charge is 2.62. The van der Waals surface area contributed by atoms with E-state index in [-0.39, 0.29) is 17.5 Å². The summed E-state index contributed by atoms with van der Waals surface area (Å²) >= 11 is 0. The molecular weight excluding hydrogens is 591 g/mol. The van der Waals surface area contributed by atoms with Gasteiger partial charge in [0.1, 0.15) is 0 Å². The van der Waals surface area contributed by atoms with Gasteiger partial charge in [0.05, 0.1) is 5.69 Å². The molecule has 3 heterocycles. The standard InChI is InChI=1S/C46H45BN2/c1-5-28-16-21-37-42(27-28)48(34-19-17-31(18-20-34)45(2,3)4)40-14-9-15-41-43(40)47(37)38-12-8-11-36-44(38)49(41)39-13-7-6-10-35(39)46(36)32-23-29-22-30(25-32)26-33(46)24-29/h6-21,27,29-30,32-33H,5,22-26H2,1-4H3. The first-order chi connectivity index (χ1) is 23.9. The number of hydrogen-bond acceptors (Lipinski definition) is 2. The Balaban J connectivity index is 1.19. The largest absolute Gasteiger partial charge is 0.311 e. The molecule has 3 heteroatoms. The zero-order valence-corrected chi connectivity index (χ0v) is 29.3. The topological polar surface area (TPSA) is 6.48 Å². The number of benzene rings is 5. The molecule has 4 saturated carbocycles. The molecule has 5 aromatic carbocycles. The van der Waals surface area contributed by atoms with Gasteiger partial charge in [-0.1, -0.05) is 94.4 Å². The molecule has 49 heavy (non-hydrogen) atoms. The number of nitrogens with zero attached hydrogens (tertiary/aromatic N) is 2. The van der Waals surface area contributed by atoms with E-state index in [1.807, 2.05) is 0 Å². The van der Waals surface area contributed by atoms with Gasteiger partial charge in [-0.05, 0) is 143 Å². The summed E-state index contributed by atoms with van der Waals surface area (Å²) < 4.78 is 0. The van der Waals surface area contributed by atoms with Gasteiger partial charge >= 0.3 is 0 Å². The third-order valence-corrected chi connectivity index (χ3v) is 13.9. The quantitative estimate of drug-likeness (QED) is 0.174. The van der Waals surface area contributed by atoms with Crippen molar-refractivity contribution in [2.75, 3.05) is 9.80 Å².